The number of aliphatic hydroxyl groups is 1. The molecule has 0 unspecified atom stereocenters. The van der Waals surface area contributed by atoms with Crippen molar-refractivity contribution in [1.29, 1.82) is 0 Å². The first-order valence-electron chi connectivity index (χ1n) is 12.9. The highest BCUT2D eigenvalue weighted by atomic mass is 32.2. The molecule has 0 saturated carbocycles. The second kappa shape index (κ2) is 14.7. The number of rotatable bonds is 16. The molecule has 7 heteroatoms. The van der Waals surface area contributed by atoms with Crippen LogP contribution in [0.5, 0.6) is 5.75 Å². The van der Waals surface area contributed by atoms with Crippen molar-refractivity contribution >= 4 is 39.9 Å². The molecule has 1 heterocycles. The number of aromatic nitrogens is 1. The predicted octanol–water partition coefficient (Wildman–Crippen LogP) is 6.99. The van der Waals surface area contributed by atoms with E-state index in [4.69, 9.17) is 15.6 Å². The zero-order valence-corrected chi connectivity index (χ0v) is 22.3. The summed E-state index contributed by atoms with van der Waals surface area (Å²) in [5.74, 6) is 1.27. The summed E-state index contributed by atoms with van der Waals surface area (Å²) in [6.07, 6.45) is 12.4. The lowest BCUT2D eigenvalue weighted by atomic mass is 10.1. The summed E-state index contributed by atoms with van der Waals surface area (Å²) in [4.78, 5) is 18.0. The molecule has 194 valence electrons. The van der Waals surface area contributed by atoms with Crippen LogP contribution in [0.4, 0.5) is 11.4 Å². The van der Waals surface area contributed by atoms with Gasteiger partial charge >= 0.3 is 0 Å². The zero-order chi connectivity index (χ0) is 25.8. The van der Waals surface area contributed by atoms with E-state index in [0.717, 1.165) is 46.5 Å². The largest absolute Gasteiger partial charge is 0.497 e. The van der Waals surface area contributed by atoms with Gasteiger partial charge in [-0.25, -0.2) is 0 Å². The number of amides is 1. The number of aliphatic hydroxyl groups excluding tert-OH is 1. The van der Waals surface area contributed by atoms with Crippen molar-refractivity contribution in [2.45, 2.75) is 69.6 Å². The highest BCUT2D eigenvalue weighted by Gasteiger charge is 2.16. The molecule has 2 aromatic carbocycles. The highest BCUT2D eigenvalue weighted by Crippen LogP contribution is 2.35. The number of pyridine rings is 1. The Morgan fingerprint density at radius 1 is 1.03 bits per heavy atom. The maximum atomic E-state index is 12.2. The lowest BCUT2D eigenvalue weighted by Crippen LogP contribution is -2.14. The average molecular weight is 510 g/mol. The van der Waals surface area contributed by atoms with Crippen LogP contribution in [0.25, 0.3) is 10.9 Å². The molecule has 0 saturated heterocycles. The van der Waals surface area contributed by atoms with Crippen molar-refractivity contribution < 1.29 is 14.6 Å². The lowest BCUT2D eigenvalue weighted by molar-refractivity contribution is 0.100. The molecule has 0 radical (unpaired) electrons. The number of thioether (sulfide) groups is 1. The van der Waals surface area contributed by atoms with Crippen LogP contribution in [0.3, 0.4) is 0 Å². The lowest BCUT2D eigenvalue weighted by Gasteiger charge is -2.16. The number of nitrogens with one attached hydrogen (secondary N) is 1. The Morgan fingerprint density at radius 3 is 2.39 bits per heavy atom. The van der Waals surface area contributed by atoms with Gasteiger partial charge in [-0.1, -0.05) is 51.0 Å². The number of hydrogen-bond acceptors (Lipinski definition) is 6. The molecule has 4 N–H and O–H groups in total. The Hall–Kier alpha value is -2.77. The molecule has 0 aliphatic rings. The van der Waals surface area contributed by atoms with Crippen LogP contribution in [0.2, 0.25) is 0 Å². The summed E-state index contributed by atoms with van der Waals surface area (Å²) in [7, 11) is 1.63. The van der Waals surface area contributed by atoms with E-state index < -0.39 is 5.91 Å². The monoisotopic (exact) mass is 509 g/mol. The fraction of sp³-hybridized carbons (Fsp3) is 0.448. The van der Waals surface area contributed by atoms with E-state index >= 15 is 0 Å². The third kappa shape index (κ3) is 8.14. The second-order valence-corrected chi connectivity index (χ2v) is 10.3. The quantitative estimate of drug-likeness (QED) is 0.142. The van der Waals surface area contributed by atoms with Crippen LogP contribution in [-0.4, -0.2) is 35.5 Å². The number of anilines is 2. The van der Waals surface area contributed by atoms with Gasteiger partial charge in [-0.3, -0.25) is 9.78 Å². The van der Waals surface area contributed by atoms with Gasteiger partial charge in [0.1, 0.15) is 5.75 Å². The van der Waals surface area contributed by atoms with E-state index in [1.54, 1.807) is 13.3 Å². The van der Waals surface area contributed by atoms with Crippen molar-refractivity contribution in [3.05, 3.63) is 53.7 Å². The third-order valence-electron chi connectivity index (χ3n) is 6.31. The van der Waals surface area contributed by atoms with E-state index in [-0.39, 0.29) is 0 Å². The smallest absolute Gasteiger partial charge is 0.252 e. The molecule has 0 spiro atoms. The summed E-state index contributed by atoms with van der Waals surface area (Å²) < 4.78 is 5.35. The maximum Gasteiger partial charge on any atom is 0.252 e. The minimum absolute atomic E-state index is 0.317. The molecule has 1 aromatic heterocycles. The Bertz CT molecular complexity index is 1140. The topological polar surface area (TPSA) is 97.5 Å². The van der Waals surface area contributed by atoms with E-state index in [9.17, 15) is 4.79 Å². The van der Waals surface area contributed by atoms with Crippen molar-refractivity contribution in [1.82, 2.24) is 4.98 Å². The van der Waals surface area contributed by atoms with E-state index in [1.807, 2.05) is 36.0 Å². The van der Waals surface area contributed by atoms with Crippen LogP contribution in [0.15, 0.2) is 47.5 Å². The van der Waals surface area contributed by atoms with Gasteiger partial charge in [0, 0.05) is 34.8 Å². The first-order valence-corrected chi connectivity index (χ1v) is 13.9. The van der Waals surface area contributed by atoms with Crippen LogP contribution in [0.1, 0.15) is 73.7 Å². The van der Waals surface area contributed by atoms with Gasteiger partial charge in [-0.05, 0) is 55.3 Å². The number of primary amides is 1. The number of methoxy groups -OCH3 is 1. The fourth-order valence-corrected chi connectivity index (χ4v) is 5.38. The van der Waals surface area contributed by atoms with Gasteiger partial charge in [0.2, 0.25) is 0 Å². The number of hydrogen-bond donors (Lipinski definition) is 3. The molecule has 3 aromatic rings. The van der Waals surface area contributed by atoms with E-state index in [1.165, 1.54) is 49.8 Å². The highest BCUT2D eigenvalue weighted by molar-refractivity contribution is 7.99. The number of nitrogens with two attached hydrogens (primary N) is 1. The summed E-state index contributed by atoms with van der Waals surface area (Å²) >= 11 is 1.85. The zero-order valence-electron chi connectivity index (χ0n) is 21.5. The molecule has 36 heavy (non-hydrogen) atoms. The molecule has 0 bridgehead atoms. The van der Waals surface area contributed by atoms with Gasteiger partial charge in [0.05, 0.1) is 23.9 Å². The first kappa shape index (κ1) is 27.8. The number of carbonyl (C=O) groups is 1. The standard InChI is InChI=1S/C29H39N3O3S/c1-21-17-24(36-16-11-9-7-5-3-4-6-8-10-15-33)19-25-27(21)31-20-26(29(30)34)28(25)32-22-13-12-14-23(18-22)35-2/h12-14,17-20,33H,3-11,15-16H2,1-2H3,(H2,30,34)(H,31,32). The van der Waals surface area contributed by atoms with Gasteiger partial charge in [0.25, 0.3) is 5.91 Å². The molecule has 3 rings (SSSR count). The molecule has 6 nitrogen and oxygen atoms in total. The van der Waals surface area contributed by atoms with E-state index in [2.05, 4.69) is 29.4 Å². The maximum absolute atomic E-state index is 12.2. The van der Waals surface area contributed by atoms with Crippen molar-refractivity contribution in [2.24, 2.45) is 5.73 Å². The number of aryl methyl sites for hydroxylation is 1. The molecule has 0 atom stereocenters. The molecule has 1 amide bonds. The number of benzene rings is 2. The van der Waals surface area contributed by atoms with Crippen LogP contribution in [0, 0.1) is 6.92 Å². The normalized spacial score (nSPS) is 11.1. The Morgan fingerprint density at radius 2 is 1.72 bits per heavy atom. The van der Waals surface area contributed by atoms with Gasteiger partial charge in [-0.2, -0.15) is 0 Å². The molecule has 0 aliphatic heterocycles. The number of fused-ring (bicyclic) bond motifs is 1. The number of carbonyl (C=O) groups excluding carboxylic acids is 1. The van der Waals surface area contributed by atoms with E-state index in [0.29, 0.717) is 17.9 Å². The Labute approximate surface area is 219 Å². The summed E-state index contributed by atoms with van der Waals surface area (Å²) in [6, 6.07) is 11.9. The fourth-order valence-electron chi connectivity index (χ4n) is 4.34. The van der Waals surface area contributed by atoms with Crippen molar-refractivity contribution in [3.63, 3.8) is 0 Å². The van der Waals surface area contributed by atoms with Crippen LogP contribution < -0.4 is 15.8 Å². The summed E-state index contributed by atoms with van der Waals surface area (Å²) in [5.41, 5.74) is 9.49. The van der Waals surface area contributed by atoms with Crippen molar-refractivity contribution in [2.75, 3.05) is 24.8 Å². The minimum atomic E-state index is -0.515. The number of ether oxygens (including phenoxy) is 1. The summed E-state index contributed by atoms with van der Waals surface area (Å²) in [6.45, 7) is 2.37. The number of unbranched alkanes of at least 4 members (excludes halogenated alkanes) is 8. The van der Waals surface area contributed by atoms with Crippen LogP contribution >= 0.6 is 11.8 Å². The Balaban J connectivity index is 1.65. The average Bonchev–Trinajstić information content (AvgIpc) is 2.87. The number of nitrogens with zero attached hydrogens (tertiary/aromatic N) is 1. The summed E-state index contributed by atoms with van der Waals surface area (Å²) in [5, 5.41) is 13.1. The van der Waals surface area contributed by atoms with Gasteiger partial charge in [-0.15, -0.1) is 11.8 Å². The van der Waals surface area contributed by atoms with Gasteiger partial charge < -0.3 is 20.9 Å². The van der Waals surface area contributed by atoms with Crippen LogP contribution in [-0.2, 0) is 0 Å². The third-order valence-corrected chi connectivity index (χ3v) is 7.37. The molecular formula is C29H39N3O3S. The molecule has 0 fully saturated rings. The minimum Gasteiger partial charge on any atom is -0.497 e. The van der Waals surface area contributed by atoms with Crippen molar-refractivity contribution in [3.8, 4) is 5.75 Å². The Kier molecular flexibility index (Phi) is 11.4. The SMILES string of the molecule is COc1cccc(Nc2c(C(N)=O)cnc3c(C)cc(SCCCCCCCCCCCO)cc23)c1. The predicted molar refractivity (Wildman–Crippen MR) is 151 cm³/mol. The molecular weight excluding hydrogens is 470 g/mol. The molecule has 0 aliphatic carbocycles. The first-order chi connectivity index (χ1) is 17.5. The second-order valence-electron chi connectivity index (χ2n) is 9.16. The van der Waals surface area contributed by atoms with Gasteiger partial charge in [0.15, 0.2) is 0 Å².